The first-order valence-corrected chi connectivity index (χ1v) is 5.14. The van der Waals surface area contributed by atoms with Gasteiger partial charge >= 0.3 is 5.97 Å². The molecule has 1 aliphatic rings. The van der Waals surface area contributed by atoms with Crippen molar-refractivity contribution in [2.45, 2.75) is 6.04 Å². The Hall–Kier alpha value is -2.37. The molecule has 1 aliphatic heterocycles. The Morgan fingerprint density at radius 3 is 3.06 bits per heavy atom. The maximum Gasteiger partial charge on any atom is 0.374 e. The smallest absolute Gasteiger partial charge is 0.374 e. The Kier molecular flexibility index (Phi) is 2.07. The zero-order valence-electron chi connectivity index (χ0n) is 8.77. The van der Waals surface area contributed by atoms with Crippen LogP contribution in [0, 0.1) is 0 Å². The molecule has 0 saturated carbocycles. The van der Waals surface area contributed by atoms with E-state index < -0.39 is 5.97 Å². The number of fused-ring (bicyclic) bond motifs is 1. The third-order valence-corrected chi connectivity index (χ3v) is 2.69. The molecule has 88 valence electrons. The summed E-state index contributed by atoms with van der Waals surface area (Å²) in [5.74, 6) is -0.440. The maximum atomic E-state index is 10.9. The minimum Gasteiger partial charge on any atom is -0.475 e. The third-order valence-electron chi connectivity index (χ3n) is 2.69. The molecule has 0 bridgehead atoms. The number of rotatable bonds is 2. The minimum atomic E-state index is -1.10. The Labute approximate surface area is 96.2 Å². The molecule has 0 radical (unpaired) electrons. The molecule has 3 N–H and O–H groups in total. The summed E-state index contributed by atoms with van der Waals surface area (Å²) in [6.07, 6.45) is 2.98. The topological polar surface area (TPSA) is 87.6 Å². The number of carboxylic acids is 1. The summed E-state index contributed by atoms with van der Waals surface area (Å²) in [7, 11) is 0. The number of carboxylic acid groups (broad SMARTS) is 1. The first-order chi connectivity index (χ1) is 8.25. The lowest BCUT2D eigenvalue weighted by molar-refractivity contribution is 0.0663. The van der Waals surface area contributed by atoms with Gasteiger partial charge in [-0.1, -0.05) is 0 Å². The number of anilines is 2. The van der Waals surface area contributed by atoms with E-state index in [4.69, 9.17) is 13.9 Å². The second kappa shape index (κ2) is 3.58. The van der Waals surface area contributed by atoms with Crippen molar-refractivity contribution < 1.29 is 18.7 Å². The lowest BCUT2D eigenvalue weighted by Gasteiger charge is -2.24. The van der Waals surface area contributed by atoms with Crippen molar-refractivity contribution in [2.75, 3.05) is 17.2 Å². The normalized spacial score (nSPS) is 18.0. The highest BCUT2D eigenvalue weighted by molar-refractivity contribution is 5.95. The maximum absolute atomic E-state index is 10.9. The van der Waals surface area contributed by atoms with Crippen molar-refractivity contribution >= 4 is 17.3 Å². The number of aromatic carboxylic acids is 1. The second-order valence-electron chi connectivity index (χ2n) is 3.75. The zero-order valence-corrected chi connectivity index (χ0v) is 8.77. The Morgan fingerprint density at radius 1 is 1.47 bits per heavy atom. The number of hydrogen-bond acceptors (Lipinski definition) is 5. The molecular formula is C11H10N2O4. The summed E-state index contributed by atoms with van der Waals surface area (Å²) in [5.41, 5.74) is 1.12. The average Bonchev–Trinajstić information content (AvgIpc) is 2.97. The number of nitrogens with one attached hydrogen (secondary N) is 2. The van der Waals surface area contributed by atoms with Gasteiger partial charge in [0.2, 0.25) is 5.76 Å². The van der Waals surface area contributed by atoms with Crippen molar-refractivity contribution in [3.63, 3.8) is 0 Å². The van der Waals surface area contributed by atoms with Gasteiger partial charge in [0.1, 0.15) is 23.8 Å². The van der Waals surface area contributed by atoms with Crippen LogP contribution in [0.25, 0.3) is 0 Å². The highest BCUT2D eigenvalue weighted by Crippen LogP contribution is 2.36. The Balaban J connectivity index is 1.94. The standard InChI is InChI=1S/C11H10N2O4/c14-11(15)10-9-7(5-17-10)12-4-6(13-9)8-2-1-3-16-8/h1-3,5-6,12-13H,4H2,(H,14,15). The zero-order chi connectivity index (χ0) is 11.8. The molecule has 0 saturated heterocycles. The van der Waals surface area contributed by atoms with Crippen LogP contribution in [0.5, 0.6) is 0 Å². The molecular weight excluding hydrogens is 224 g/mol. The van der Waals surface area contributed by atoms with Crippen LogP contribution in [0.1, 0.15) is 22.4 Å². The fourth-order valence-electron chi connectivity index (χ4n) is 1.89. The molecule has 0 fully saturated rings. The minimum absolute atomic E-state index is 0.0937. The van der Waals surface area contributed by atoms with Crippen LogP contribution >= 0.6 is 0 Å². The summed E-state index contributed by atoms with van der Waals surface area (Å²) in [4.78, 5) is 10.9. The predicted molar refractivity (Wildman–Crippen MR) is 59.2 cm³/mol. The summed E-state index contributed by atoms with van der Waals surface area (Å²) < 4.78 is 10.3. The summed E-state index contributed by atoms with van der Waals surface area (Å²) in [5, 5.41) is 15.2. The molecule has 1 unspecified atom stereocenters. The van der Waals surface area contributed by atoms with E-state index in [1.807, 2.05) is 6.07 Å². The Morgan fingerprint density at radius 2 is 2.35 bits per heavy atom. The van der Waals surface area contributed by atoms with Gasteiger partial charge < -0.3 is 24.6 Å². The van der Waals surface area contributed by atoms with Crippen LogP contribution in [0.3, 0.4) is 0 Å². The fourth-order valence-corrected chi connectivity index (χ4v) is 1.89. The number of furan rings is 2. The molecule has 0 aromatic carbocycles. The van der Waals surface area contributed by atoms with Gasteiger partial charge in [-0.25, -0.2) is 4.79 Å². The van der Waals surface area contributed by atoms with E-state index in [0.717, 1.165) is 5.76 Å². The van der Waals surface area contributed by atoms with Gasteiger partial charge in [0.05, 0.1) is 12.0 Å². The van der Waals surface area contributed by atoms with Crippen LogP contribution in [0.4, 0.5) is 11.4 Å². The van der Waals surface area contributed by atoms with Gasteiger partial charge in [0.15, 0.2) is 0 Å². The van der Waals surface area contributed by atoms with E-state index in [1.165, 1.54) is 6.26 Å². The molecule has 17 heavy (non-hydrogen) atoms. The van der Waals surface area contributed by atoms with Gasteiger partial charge in [-0.3, -0.25) is 0 Å². The van der Waals surface area contributed by atoms with Crippen molar-refractivity contribution in [1.29, 1.82) is 0 Å². The van der Waals surface area contributed by atoms with E-state index in [9.17, 15) is 4.79 Å². The summed E-state index contributed by atoms with van der Waals surface area (Å²) in [6.45, 7) is 0.610. The first kappa shape index (κ1) is 9.83. The van der Waals surface area contributed by atoms with Gasteiger partial charge in [-0.15, -0.1) is 0 Å². The monoisotopic (exact) mass is 234 g/mol. The van der Waals surface area contributed by atoms with Crippen LogP contribution < -0.4 is 10.6 Å². The van der Waals surface area contributed by atoms with Crippen LogP contribution in [-0.4, -0.2) is 17.6 Å². The van der Waals surface area contributed by atoms with E-state index in [-0.39, 0.29) is 11.8 Å². The lowest BCUT2D eigenvalue weighted by atomic mass is 10.1. The van der Waals surface area contributed by atoms with Crippen molar-refractivity contribution in [3.8, 4) is 0 Å². The first-order valence-electron chi connectivity index (χ1n) is 5.14. The predicted octanol–water partition coefficient (Wildman–Crippen LogP) is 2.15. The highest BCUT2D eigenvalue weighted by atomic mass is 16.4. The SMILES string of the molecule is O=C(O)c1occ2c1NC(c1ccco1)CN2. The van der Waals surface area contributed by atoms with Gasteiger partial charge in [0.25, 0.3) is 0 Å². The van der Waals surface area contributed by atoms with Gasteiger partial charge in [-0.2, -0.15) is 0 Å². The molecule has 6 nitrogen and oxygen atoms in total. The van der Waals surface area contributed by atoms with E-state index in [1.54, 1.807) is 12.3 Å². The molecule has 0 amide bonds. The number of hydrogen-bond donors (Lipinski definition) is 3. The molecule has 6 heteroatoms. The van der Waals surface area contributed by atoms with Crippen LogP contribution in [0.15, 0.2) is 33.5 Å². The molecule has 3 heterocycles. The van der Waals surface area contributed by atoms with Gasteiger partial charge in [-0.05, 0) is 12.1 Å². The molecule has 2 aromatic heterocycles. The van der Waals surface area contributed by atoms with Crippen molar-refractivity contribution in [1.82, 2.24) is 0 Å². The van der Waals surface area contributed by atoms with E-state index in [2.05, 4.69) is 10.6 Å². The molecule has 0 aliphatic carbocycles. The van der Waals surface area contributed by atoms with E-state index >= 15 is 0 Å². The van der Waals surface area contributed by atoms with E-state index in [0.29, 0.717) is 17.9 Å². The molecule has 0 spiro atoms. The number of carbonyl (C=O) groups is 1. The largest absolute Gasteiger partial charge is 0.475 e. The van der Waals surface area contributed by atoms with Crippen LogP contribution in [0.2, 0.25) is 0 Å². The third kappa shape index (κ3) is 1.54. The highest BCUT2D eigenvalue weighted by Gasteiger charge is 2.27. The van der Waals surface area contributed by atoms with Crippen molar-refractivity contribution in [2.24, 2.45) is 0 Å². The molecule has 1 atom stereocenters. The Bertz CT molecular complexity index is 544. The second-order valence-corrected chi connectivity index (χ2v) is 3.75. The van der Waals surface area contributed by atoms with Crippen molar-refractivity contribution in [3.05, 3.63) is 36.2 Å². The average molecular weight is 234 g/mol. The lowest BCUT2D eigenvalue weighted by Crippen LogP contribution is -2.25. The fraction of sp³-hybridized carbons (Fsp3) is 0.182. The summed E-state index contributed by atoms with van der Waals surface area (Å²) in [6, 6.07) is 3.53. The summed E-state index contributed by atoms with van der Waals surface area (Å²) >= 11 is 0. The van der Waals surface area contributed by atoms with Gasteiger partial charge in [0, 0.05) is 6.54 Å². The van der Waals surface area contributed by atoms with Crippen LogP contribution in [-0.2, 0) is 0 Å². The molecule has 2 aromatic rings. The molecule has 3 rings (SSSR count). The quantitative estimate of drug-likeness (QED) is 0.737.